The highest BCUT2D eigenvalue weighted by Gasteiger charge is 2.41. The van der Waals surface area contributed by atoms with E-state index in [1.165, 1.54) is 0 Å². The van der Waals surface area contributed by atoms with Crippen LogP contribution in [0.5, 0.6) is 0 Å². The third-order valence-electron chi connectivity index (χ3n) is 2.93. The normalized spacial score (nSPS) is 18.0. The molecule has 2 atom stereocenters. The van der Waals surface area contributed by atoms with E-state index in [1.807, 2.05) is 54.6 Å². The first kappa shape index (κ1) is 17.7. The van der Waals surface area contributed by atoms with Crippen LogP contribution in [0.1, 0.15) is 41.5 Å². The van der Waals surface area contributed by atoms with Crippen LogP contribution in [0.15, 0.2) is 0 Å². The van der Waals surface area contributed by atoms with Gasteiger partial charge in [-0.15, -0.1) is 23.2 Å². The van der Waals surface area contributed by atoms with Gasteiger partial charge in [-0.3, -0.25) is 0 Å². The van der Waals surface area contributed by atoms with Gasteiger partial charge in [-0.2, -0.15) is 0 Å². The Labute approximate surface area is 117 Å². The third kappa shape index (κ3) is 5.93. The lowest BCUT2D eigenvalue weighted by Crippen LogP contribution is -2.52. The molecule has 0 rings (SSSR count). The van der Waals surface area contributed by atoms with E-state index >= 15 is 0 Å². The lowest BCUT2D eigenvalue weighted by molar-refractivity contribution is 0.00477. The van der Waals surface area contributed by atoms with Crippen LogP contribution in [0.2, 0.25) is 13.1 Å². The minimum Gasteiger partial charge on any atom is -0.388 e. The van der Waals surface area contributed by atoms with Crippen LogP contribution in [0.3, 0.4) is 0 Å². The van der Waals surface area contributed by atoms with Crippen molar-refractivity contribution in [1.82, 2.24) is 0 Å². The summed E-state index contributed by atoms with van der Waals surface area (Å²) in [5.74, 6) is 0. The van der Waals surface area contributed by atoms with E-state index in [4.69, 9.17) is 32.1 Å². The second-order valence-corrected chi connectivity index (χ2v) is 10.6. The lowest BCUT2D eigenvalue weighted by Gasteiger charge is -2.41. The van der Waals surface area contributed by atoms with Crippen molar-refractivity contribution in [2.24, 2.45) is 0 Å². The van der Waals surface area contributed by atoms with Gasteiger partial charge in [-0.25, -0.2) is 0 Å². The Morgan fingerprint density at radius 1 is 0.824 bits per heavy atom. The molecule has 0 saturated heterocycles. The molecule has 5 heteroatoms. The minimum absolute atomic E-state index is 0.0746. The molecule has 0 spiro atoms. The summed E-state index contributed by atoms with van der Waals surface area (Å²) in [6.45, 7) is 15.9. The summed E-state index contributed by atoms with van der Waals surface area (Å²) < 4.78 is 12.2. The maximum atomic E-state index is 6.12. The van der Waals surface area contributed by atoms with Crippen molar-refractivity contribution in [2.75, 3.05) is 0 Å². The van der Waals surface area contributed by atoms with Crippen LogP contribution in [0.4, 0.5) is 0 Å². The fourth-order valence-corrected chi connectivity index (χ4v) is 4.62. The highest BCUT2D eigenvalue weighted by Crippen LogP contribution is 2.30. The van der Waals surface area contributed by atoms with Crippen molar-refractivity contribution < 1.29 is 8.85 Å². The standard InChI is InChI=1S/C12H26Cl2O2Si/c1-9(13)11(3,4)15-17(7,8)16-12(5,6)10(2)14/h9-10H,1-8H3. The summed E-state index contributed by atoms with van der Waals surface area (Å²) in [5, 5.41) is -0.149. The molecule has 2 nitrogen and oxygen atoms in total. The molecular weight excluding hydrogens is 275 g/mol. The van der Waals surface area contributed by atoms with Gasteiger partial charge >= 0.3 is 8.56 Å². The van der Waals surface area contributed by atoms with Gasteiger partial charge in [-0.1, -0.05) is 0 Å². The molecule has 0 N–H and O–H groups in total. The molecule has 0 aliphatic rings. The second kappa shape index (κ2) is 5.79. The van der Waals surface area contributed by atoms with Gasteiger partial charge in [0.15, 0.2) is 0 Å². The van der Waals surface area contributed by atoms with E-state index in [2.05, 4.69) is 0 Å². The van der Waals surface area contributed by atoms with Crippen LogP contribution < -0.4 is 0 Å². The first-order valence-corrected chi connectivity index (χ1v) is 9.67. The summed E-state index contributed by atoms with van der Waals surface area (Å²) >= 11 is 12.2. The molecule has 0 saturated carbocycles. The molecule has 0 bridgehead atoms. The van der Waals surface area contributed by atoms with Crippen LogP contribution in [0.25, 0.3) is 0 Å². The van der Waals surface area contributed by atoms with E-state index in [9.17, 15) is 0 Å². The monoisotopic (exact) mass is 300 g/mol. The molecule has 0 aliphatic carbocycles. The van der Waals surface area contributed by atoms with Gasteiger partial charge in [0, 0.05) is 0 Å². The number of hydrogen-bond acceptors (Lipinski definition) is 2. The molecule has 0 aliphatic heterocycles. The van der Waals surface area contributed by atoms with Crippen molar-refractivity contribution in [1.29, 1.82) is 0 Å². The first-order chi connectivity index (χ1) is 7.30. The minimum atomic E-state index is -2.27. The zero-order chi connectivity index (χ0) is 14.1. The van der Waals surface area contributed by atoms with Crippen LogP contribution >= 0.6 is 23.2 Å². The number of halogens is 2. The summed E-state index contributed by atoms with van der Waals surface area (Å²) in [7, 11) is -2.27. The molecule has 0 amide bonds. The summed E-state index contributed by atoms with van der Waals surface area (Å²) in [4.78, 5) is 0. The zero-order valence-electron chi connectivity index (χ0n) is 12.2. The number of alkyl halides is 2. The predicted octanol–water partition coefficient (Wildman–Crippen LogP) is 4.53. The Bertz CT molecular complexity index is 227. The van der Waals surface area contributed by atoms with Gasteiger partial charge in [0.1, 0.15) is 0 Å². The van der Waals surface area contributed by atoms with Crippen molar-refractivity contribution in [2.45, 2.75) is 76.6 Å². The van der Waals surface area contributed by atoms with E-state index in [1.54, 1.807) is 0 Å². The Morgan fingerprint density at radius 3 is 1.24 bits per heavy atom. The molecule has 0 aromatic carbocycles. The first-order valence-electron chi connectivity index (χ1n) is 5.98. The molecule has 2 unspecified atom stereocenters. The predicted molar refractivity (Wildman–Crippen MR) is 78.4 cm³/mol. The third-order valence-corrected chi connectivity index (χ3v) is 6.02. The van der Waals surface area contributed by atoms with E-state index in [-0.39, 0.29) is 10.8 Å². The number of hydrogen-bond donors (Lipinski definition) is 0. The van der Waals surface area contributed by atoms with E-state index in [0.717, 1.165) is 0 Å². The Balaban J connectivity index is 4.71. The summed E-state index contributed by atoms with van der Waals surface area (Å²) in [6, 6.07) is 0. The van der Waals surface area contributed by atoms with Crippen molar-refractivity contribution in [3.63, 3.8) is 0 Å². The fraction of sp³-hybridized carbons (Fsp3) is 1.00. The molecule has 0 aromatic heterocycles. The SMILES string of the molecule is CC(Cl)C(C)(C)O[Si](C)(C)OC(C)(C)C(C)Cl. The summed E-state index contributed by atoms with van der Waals surface area (Å²) in [6.07, 6.45) is 0. The molecule has 0 heterocycles. The molecule has 104 valence electrons. The van der Waals surface area contributed by atoms with Gasteiger partial charge < -0.3 is 8.85 Å². The smallest absolute Gasteiger partial charge is 0.332 e. The zero-order valence-corrected chi connectivity index (χ0v) is 14.7. The van der Waals surface area contributed by atoms with E-state index in [0.29, 0.717) is 0 Å². The van der Waals surface area contributed by atoms with Crippen LogP contribution in [-0.2, 0) is 8.85 Å². The maximum Gasteiger partial charge on any atom is 0.332 e. The largest absolute Gasteiger partial charge is 0.388 e. The van der Waals surface area contributed by atoms with Crippen LogP contribution in [-0.4, -0.2) is 30.5 Å². The average molecular weight is 301 g/mol. The Kier molecular flexibility index (Phi) is 6.03. The topological polar surface area (TPSA) is 18.5 Å². The Morgan fingerprint density at radius 2 is 1.06 bits per heavy atom. The number of rotatable bonds is 6. The molecular formula is C12H26Cl2O2Si. The molecule has 17 heavy (non-hydrogen) atoms. The Hall–Kier alpha value is 0.717. The highest BCUT2D eigenvalue weighted by atomic mass is 35.5. The van der Waals surface area contributed by atoms with Gasteiger partial charge in [-0.05, 0) is 54.6 Å². The summed E-state index contributed by atoms with van der Waals surface area (Å²) in [5.41, 5.74) is -0.800. The maximum absolute atomic E-state index is 6.12. The second-order valence-electron chi connectivity index (χ2n) is 6.04. The van der Waals surface area contributed by atoms with Gasteiger partial charge in [0.05, 0.1) is 22.0 Å². The molecule has 0 aromatic rings. The quantitative estimate of drug-likeness (QED) is 0.530. The van der Waals surface area contributed by atoms with Crippen molar-refractivity contribution in [3.8, 4) is 0 Å². The lowest BCUT2D eigenvalue weighted by atomic mass is 10.1. The van der Waals surface area contributed by atoms with E-state index < -0.39 is 19.8 Å². The van der Waals surface area contributed by atoms with Crippen molar-refractivity contribution >= 4 is 31.8 Å². The molecule has 0 fully saturated rings. The molecule has 0 radical (unpaired) electrons. The van der Waals surface area contributed by atoms with Crippen LogP contribution in [0, 0.1) is 0 Å². The highest BCUT2D eigenvalue weighted by molar-refractivity contribution is 6.64. The van der Waals surface area contributed by atoms with Gasteiger partial charge in [0.25, 0.3) is 0 Å². The van der Waals surface area contributed by atoms with Gasteiger partial charge in [0.2, 0.25) is 0 Å². The fourth-order valence-electron chi connectivity index (χ4n) is 1.45. The van der Waals surface area contributed by atoms with Crippen molar-refractivity contribution in [3.05, 3.63) is 0 Å². The average Bonchev–Trinajstić information content (AvgIpc) is 1.98.